The van der Waals surface area contributed by atoms with Gasteiger partial charge in [-0.1, -0.05) is 12.1 Å². The van der Waals surface area contributed by atoms with Crippen LogP contribution in [0.2, 0.25) is 0 Å². The van der Waals surface area contributed by atoms with Crippen molar-refractivity contribution >= 4 is 17.6 Å². The predicted molar refractivity (Wildman–Crippen MR) is 71.5 cm³/mol. The van der Waals surface area contributed by atoms with E-state index in [0.29, 0.717) is 11.4 Å². The van der Waals surface area contributed by atoms with E-state index in [1.54, 1.807) is 31.2 Å². The Morgan fingerprint density at radius 2 is 2.15 bits per heavy atom. The van der Waals surface area contributed by atoms with Gasteiger partial charge in [-0.05, 0) is 26.0 Å². The van der Waals surface area contributed by atoms with Crippen molar-refractivity contribution in [2.75, 3.05) is 18.6 Å². The summed E-state index contributed by atoms with van der Waals surface area (Å²) in [6, 6.07) is 6.98. The summed E-state index contributed by atoms with van der Waals surface area (Å²) < 4.78 is 10.0. The minimum atomic E-state index is -1.78. The first kappa shape index (κ1) is 14.3. The lowest BCUT2D eigenvalue weighted by Crippen LogP contribution is -2.54. The quantitative estimate of drug-likeness (QED) is 0.825. The second-order valence-electron chi connectivity index (χ2n) is 4.92. The second kappa shape index (κ2) is 5.13. The van der Waals surface area contributed by atoms with Gasteiger partial charge in [0.15, 0.2) is 11.7 Å². The number of nitrogens with zero attached hydrogens (tertiary/aromatic N) is 1. The molecule has 0 saturated carbocycles. The molecule has 1 aliphatic rings. The molecule has 0 spiro atoms. The summed E-state index contributed by atoms with van der Waals surface area (Å²) in [7, 11) is 1.19. The first-order valence-electron chi connectivity index (χ1n) is 6.24. The molecule has 0 aromatic heterocycles. The Morgan fingerprint density at radius 1 is 1.50 bits per heavy atom. The van der Waals surface area contributed by atoms with E-state index in [-0.39, 0.29) is 12.5 Å². The SMILES string of the molecule is COC(=O)C(C)(O)CN1C(=O)C(C)Oc2ccccc21. The van der Waals surface area contributed by atoms with Crippen molar-refractivity contribution < 1.29 is 24.2 Å². The third kappa shape index (κ3) is 2.46. The Bertz CT molecular complexity index is 540. The number of para-hydroxylation sites is 2. The van der Waals surface area contributed by atoms with Gasteiger partial charge in [-0.25, -0.2) is 4.79 Å². The van der Waals surface area contributed by atoms with Crippen LogP contribution in [0.1, 0.15) is 13.8 Å². The van der Waals surface area contributed by atoms with Crippen LogP contribution in [0.25, 0.3) is 0 Å². The molecule has 1 aliphatic heterocycles. The smallest absolute Gasteiger partial charge is 0.339 e. The van der Waals surface area contributed by atoms with E-state index in [1.807, 2.05) is 0 Å². The van der Waals surface area contributed by atoms with Crippen LogP contribution < -0.4 is 9.64 Å². The Labute approximate surface area is 116 Å². The van der Waals surface area contributed by atoms with Crippen LogP contribution >= 0.6 is 0 Å². The van der Waals surface area contributed by atoms with Gasteiger partial charge in [0.2, 0.25) is 0 Å². The molecule has 1 aromatic rings. The highest BCUT2D eigenvalue weighted by Crippen LogP contribution is 2.34. The molecule has 0 radical (unpaired) electrons. The lowest BCUT2D eigenvalue weighted by molar-refractivity contribution is -0.159. The molecule has 2 atom stereocenters. The number of anilines is 1. The van der Waals surface area contributed by atoms with Crippen molar-refractivity contribution in [2.24, 2.45) is 0 Å². The summed E-state index contributed by atoms with van der Waals surface area (Å²) in [5, 5.41) is 10.2. The molecule has 108 valence electrons. The first-order chi connectivity index (χ1) is 9.36. The van der Waals surface area contributed by atoms with Crippen molar-refractivity contribution in [3.05, 3.63) is 24.3 Å². The maximum absolute atomic E-state index is 12.2. The van der Waals surface area contributed by atoms with Crippen molar-refractivity contribution in [1.29, 1.82) is 0 Å². The maximum Gasteiger partial charge on any atom is 0.339 e. The molecule has 0 bridgehead atoms. The van der Waals surface area contributed by atoms with E-state index in [9.17, 15) is 14.7 Å². The van der Waals surface area contributed by atoms with E-state index in [2.05, 4.69) is 4.74 Å². The summed E-state index contributed by atoms with van der Waals surface area (Å²) in [5.41, 5.74) is -1.26. The van der Waals surface area contributed by atoms with Gasteiger partial charge in [-0.2, -0.15) is 0 Å². The molecule has 0 fully saturated rings. The van der Waals surface area contributed by atoms with Crippen LogP contribution in [0.3, 0.4) is 0 Å². The average molecular weight is 279 g/mol. The lowest BCUT2D eigenvalue weighted by atomic mass is 10.0. The normalized spacial score (nSPS) is 20.7. The van der Waals surface area contributed by atoms with Crippen LogP contribution in [0.15, 0.2) is 24.3 Å². The highest BCUT2D eigenvalue weighted by Gasteiger charge is 2.40. The highest BCUT2D eigenvalue weighted by molar-refractivity contribution is 6.00. The number of hydrogen-bond donors (Lipinski definition) is 1. The number of esters is 1. The number of carbonyl (C=O) groups excluding carboxylic acids is 2. The molecule has 20 heavy (non-hydrogen) atoms. The van der Waals surface area contributed by atoms with Gasteiger partial charge in [0, 0.05) is 0 Å². The number of fused-ring (bicyclic) bond motifs is 1. The fraction of sp³-hybridized carbons (Fsp3) is 0.429. The summed E-state index contributed by atoms with van der Waals surface area (Å²) >= 11 is 0. The van der Waals surface area contributed by atoms with Crippen LogP contribution in [0.5, 0.6) is 5.75 Å². The van der Waals surface area contributed by atoms with E-state index >= 15 is 0 Å². The molecule has 2 unspecified atom stereocenters. The molecular formula is C14H17NO5. The molecule has 1 N–H and O–H groups in total. The van der Waals surface area contributed by atoms with Crippen LogP contribution in [-0.2, 0) is 14.3 Å². The standard InChI is InChI=1S/C14H17NO5/c1-9-12(16)15(8-14(2,18)13(17)19-3)10-6-4-5-7-11(10)20-9/h4-7,9,18H,8H2,1-3H3. The lowest BCUT2D eigenvalue weighted by Gasteiger charge is -2.36. The van der Waals surface area contributed by atoms with Gasteiger partial charge in [0.1, 0.15) is 5.75 Å². The Balaban J connectivity index is 2.35. The second-order valence-corrected chi connectivity index (χ2v) is 4.92. The van der Waals surface area contributed by atoms with Gasteiger partial charge >= 0.3 is 5.97 Å². The van der Waals surface area contributed by atoms with Gasteiger partial charge in [-0.15, -0.1) is 0 Å². The highest BCUT2D eigenvalue weighted by atomic mass is 16.5. The third-order valence-electron chi connectivity index (χ3n) is 3.16. The summed E-state index contributed by atoms with van der Waals surface area (Å²) in [5.74, 6) is -0.560. The largest absolute Gasteiger partial charge is 0.479 e. The molecule has 6 heteroatoms. The molecule has 0 aliphatic carbocycles. The van der Waals surface area contributed by atoms with E-state index in [0.717, 1.165) is 0 Å². The van der Waals surface area contributed by atoms with Crippen molar-refractivity contribution in [3.63, 3.8) is 0 Å². The zero-order valence-electron chi connectivity index (χ0n) is 11.6. The van der Waals surface area contributed by atoms with Crippen LogP contribution in [0.4, 0.5) is 5.69 Å². The van der Waals surface area contributed by atoms with Gasteiger partial charge in [0.25, 0.3) is 5.91 Å². The molecule has 0 saturated heterocycles. The number of benzene rings is 1. The number of methoxy groups -OCH3 is 1. The van der Waals surface area contributed by atoms with Crippen LogP contribution in [0, 0.1) is 0 Å². The Morgan fingerprint density at radius 3 is 2.80 bits per heavy atom. The number of aliphatic hydroxyl groups is 1. The third-order valence-corrected chi connectivity index (χ3v) is 3.16. The average Bonchev–Trinajstić information content (AvgIpc) is 2.42. The number of β-amino-alcohol motifs (C(OH)–C–C–N with tert-alkyl or cyclic N) is 1. The van der Waals surface area contributed by atoms with Gasteiger partial charge < -0.3 is 19.5 Å². The summed E-state index contributed by atoms with van der Waals surface area (Å²) in [4.78, 5) is 25.1. The van der Waals surface area contributed by atoms with Crippen molar-refractivity contribution in [1.82, 2.24) is 0 Å². The molecular weight excluding hydrogens is 262 g/mol. The molecule has 2 rings (SSSR count). The zero-order valence-corrected chi connectivity index (χ0v) is 11.6. The molecule has 6 nitrogen and oxygen atoms in total. The monoisotopic (exact) mass is 279 g/mol. The molecule has 1 aromatic carbocycles. The fourth-order valence-corrected chi connectivity index (χ4v) is 2.11. The topological polar surface area (TPSA) is 76.1 Å². The minimum absolute atomic E-state index is 0.191. The Hall–Kier alpha value is -2.08. The number of ether oxygens (including phenoxy) is 2. The maximum atomic E-state index is 12.2. The van der Waals surface area contributed by atoms with Gasteiger partial charge in [0.05, 0.1) is 19.3 Å². The van der Waals surface area contributed by atoms with E-state index in [1.165, 1.54) is 18.9 Å². The van der Waals surface area contributed by atoms with Crippen LogP contribution in [-0.4, -0.2) is 42.3 Å². The Kier molecular flexibility index (Phi) is 3.67. The van der Waals surface area contributed by atoms with Crippen molar-refractivity contribution in [3.8, 4) is 5.75 Å². The predicted octanol–water partition coefficient (Wildman–Crippen LogP) is 0.724. The van der Waals surface area contributed by atoms with E-state index in [4.69, 9.17) is 4.74 Å². The molecule has 1 heterocycles. The summed E-state index contributed by atoms with van der Waals surface area (Å²) in [6.07, 6.45) is -0.668. The zero-order chi connectivity index (χ0) is 14.9. The summed E-state index contributed by atoms with van der Waals surface area (Å²) in [6.45, 7) is 2.75. The minimum Gasteiger partial charge on any atom is -0.479 e. The fourth-order valence-electron chi connectivity index (χ4n) is 2.11. The number of amides is 1. The number of hydrogen-bond acceptors (Lipinski definition) is 5. The van der Waals surface area contributed by atoms with Crippen molar-refractivity contribution in [2.45, 2.75) is 25.6 Å². The first-order valence-corrected chi connectivity index (χ1v) is 6.24. The van der Waals surface area contributed by atoms with E-state index < -0.39 is 17.7 Å². The van der Waals surface area contributed by atoms with Gasteiger partial charge in [-0.3, -0.25) is 4.79 Å². The number of rotatable bonds is 3. The molecule has 1 amide bonds. The number of carbonyl (C=O) groups is 2.